The van der Waals surface area contributed by atoms with Crippen LogP contribution in [0.1, 0.15) is 0 Å². The molecule has 0 aliphatic carbocycles. The highest BCUT2D eigenvalue weighted by Gasteiger charge is 2.22. The molecule has 3 aromatic heterocycles. The normalized spacial score (nSPS) is 11.1. The number of halogens is 3. The lowest BCUT2D eigenvalue weighted by Crippen LogP contribution is -2.27. The van der Waals surface area contributed by atoms with Gasteiger partial charge in [-0.25, -0.2) is 24.0 Å². The lowest BCUT2D eigenvalue weighted by atomic mass is 10.0. The first-order valence-corrected chi connectivity index (χ1v) is 7.04. The average molecular weight is 345 g/mol. The van der Waals surface area contributed by atoms with E-state index >= 15 is 0 Å². The lowest BCUT2D eigenvalue weighted by molar-refractivity contribution is 0.158. The van der Waals surface area contributed by atoms with Crippen molar-refractivity contribution in [3.8, 4) is 0 Å². The van der Waals surface area contributed by atoms with Crippen molar-refractivity contribution in [1.29, 1.82) is 0 Å². The van der Waals surface area contributed by atoms with Crippen LogP contribution in [0.3, 0.4) is 0 Å². The zero-order valence-electron chi connectivity index (χ0n) is 12.7. The third-order valence-electron chi connectivity index (χ3n) is 3.32. The standard InChI is InChI=1S/C14H11BF3N7/c15-10-3-7(1-2-21-10)25(6-11(17)18)13-12-8(16)4-20-5-9(12)22-14(23-13)24-19/h1-5,11H,6,19H2,(H,22,23,24). The van der Waals surface area contributed by atoms with E-state index in [2.05, 4.69) is 25.4 Å². The molecule has 126 valence electrons. The summed E-state index contributed by atoms with van der Waals surface area (Å²) in [6.45, 7) is -0.749. The van der Waals surface area contributed by atoms with Gasteiger partial charge in [0.25, 0.3) is 6.43 Å². The minimum Gasteiger partial charge on any atom is -0.320 e. The molecule has 3 heterocycles. The van der Waals surface area contributed by atoms with Gasteiger partial charge in [-0.2, -0.15) is 4.98 Å². The van der Waals surface area contributed by atoms with Crippen LogP contribution in [0.25, 0.3) is 10.9 Å². The Labute approximate surface area is 141 Å². The second-order valence-electron chi connectivity index (χ2n) is 4.97. The monoisotopic (exact) mass is 345 g/mol. The zero-order chi connectivity index (χ0) is 18.0. The number of hydrazine groups is 1. The van der Waals surface area contributed by atoms with E-state index in [9.17, 15) is 13.2 Å². The van der Waals surface area contributed by atoms with Gasteiger partial charge in [0.05, 0.1) is 29.8 Å². The molecule has 11 heteroatoms. The number of anilines is 3. The predicted molar refractivity (Wildman–Crippen MR) is 87.7 cm³/mol. The summed E-state index contributed by atoms with van der Waals surface area (Å²) in [7, 11) is 5.63. The molecule has 0 aromatic carbocycles. The Balaban J connectivity index is 2.28. The van der Waals surface area contributed by atoms with Gasteiger partial charge in [-0.3, -0.25) is 15.4 Å². The van der Waals surface area contributed by atoms with E-state index in [0.29, 0.717) is 0 Å². The molecule has 2 radical (unpaired) electrons. The van der Waals surface area contributed by atoms with Crippen LogP contribution in [-0.2, 0) is 0 Å². The van der Waals surface area contributed by atoms with Crippen molar-refractivity contribution in [3.05, 3.63) is 36.5 Å². The Morgan fingerprint density at radius 1 is 1.28 bits per heavy atom. The van der Waals surface area contributed by atoms with Crippen molar-refractivity contribution in [2.45, 2.75) is 6.43 Å². The molecule has 0 aliphatic heterocycles. The van der Waals surface area contributed by atoms with Crippen molar-refractivity contribution < 1.29 is 13.2 Å². The Hall–Kier alpha value is -2.95. The first-order valence-electron chi connectivity index (χ1n) is 7.04. The van der Waals surface area contributed by atoms with Gasteiger partial charge in [-0.1, -0.05) is 0 Å². The second-order valence-corrected chi connectivity index (χ2v) is 4.97. The van der Waals surface area contributed by atoms with E-state index in [4.69, 9.17) is 13.7 Å². The molecule has 0 atom stereocenters. The van der Waals surface area contributed by atoms with E-state index in [1.165, 1.54) is 24.5 Å². The van der Waals surface area contributed by atoms with Gasteiger partial charge in [-0.05, 0) is 17.7 Å². The highest BCUT2D eigenvalue weighted by atomic mass is 19.3. The predicted octanol–water partition coefficient (Wildman–Crippen LogP) is 1.04. The number of hydrogen-bond acceptors (Lipinski definition) is 7. The van der Waals surface area contributed by atoms with Crippen LogP contribution >= 0.6 is 0 Å². The van der Waals surface area contributed by atoms with Crippen LogP contribution in [0.5, 0.6) is 0 Å². The van der Waals surface area contributed by atoms with Crippen molar-refractivity contribution >= 4 is 41.8 Å². The number of rotatable bonds is 5. The molecule has 25 heavy (non-hydrogen) atoms. The summed E-state index contributed by atoms with van der Waals surface area (Å²) >= 11 is 0. The number of nitrogen functional groups attached to an aromatic ring is 1. The minimum atomic E-state index is -2.72. The maximum Gasteiger partial charge on any atom is 0.256 e. The van der Waals surface area contributed by atoms with E-state index in [-0.39, 0.29) is 33.9 Å². The molecule has 0 amide bonds. The molecule has 0 spiro atoms. The number of hydrogen-bond donors (Lipinski definition) is 2. The molecule has 3 N–H and O–H groups in total. The molecule has 0 saturated heterocycles. The van der Waals surface area contributed by atoms with Crippen LogP contribution in [-0.4, -0.2) is 40.8 Å². The van der Waals surface area contributed by atoms with Gasteiger partial charge in [0.1, 0.15) is 13.7 Å². The van der Waals surface area contributed by atoms with Gasteiger partial charge < -0.3 is 4.90 Å². The first-order chi connectivity index (χ1) is 12.0. The number of nitrogens with two attached hydrogens (primary N) is 1. The van der Waals surface area contributed by atoms with Gasteiger partial charge >= 0.3 is 0 Å². The third kappa shape index (κ3) is 3.45. The molecule has 3 rings (SSSR count). The summed E-state index contributed by atoms with van der Waals surface area (Å²) in [5, 5.41) is -0.0648. The SMILES string of the molecule is [B]c1cc(N(CC(F)F)c2nc(NN)nc3cncc(F)c23)ccn1. The summed E-state index contributed by atoms with van der Waals surface area (Å²) in [4.78, 5) is 16.7. The summed E-state index contributed by atoms with van der Waals surface area (Å²) < 4.78 is 40.7. The highest BCUT2D eigenvalue weighted by Crippen LogP contribution is 2.32. The number of alkyl halides is 2. The summed E-state index contributed by atoms with van der Waals surface area (Å²) in [5.41, 5.74) is 2.73. The Kier molecular flexibility index (Phi) is 4.66. The summed E-state index contributed by atoms with van der Waals surface area (Å²) in [5.74, 6) is 4.41. The Morgan fingerprint density at radius 3 is 2.76 bits per heavy atom. The highest BCUT2D eigenvalue weighted by molar-refractivity contribution is 6.30. The fraction of sp³-hybridized carbons (Fsp3) is 0.143. The van der Waals surface area contributed by atoms with Gasteiger partial charge in [0.15, 0.2) is 5.82 Å². The fourth-order valence-electron chi connectivity index (χ4n) is 2.34. The van der Waals surface area contributed by atoms with Crippen molar-refractivity contribution in [3.63, 3.8) is 0 Å². The molecular weight excluding hydrogens is 334 g/mol. The molecule has 0 bridgehead atoms. The molecular formula is C14H11BF3N7. The smallest absolute Gasteiger partial charge is 0.256 e. The maximum absolute atomic E-state index is 14.3. The van der Waals surface area contributed by atoms with E-state index in [1.807, 2.05) is 0 Å². The largest absolute Gasteiger partial charge is 0.320 e. The first kappa shape index (κ1) is 16.9. The Morgan fingerprint density at radius 2 is 2.08 bits per heavy atom. The minimum absolute atomic E-state index is 0.0648. The number of fused-ring (bicyclic) bond motifs is 1. The van der Waals surface area contributed by atoms with Crippen LogP contribution in [0.4, 0.5) is 30.6 Å². The number of nitrogens with one attached hydrogen (secondary N) is 1. The van der Waals surface area contributed by atoms with E-state index in [1.54, 1.807) is 0 Å². The van der Waals surface area contributed by atoms with Gasteiger partial charge in [0, 0.05) is 11.9 Å². The molecule has 0 unspecified atom stereocenters. The molecule has 0 saturated carbocycles. The van der Waals surface area contributed by atoms with Crippen LogP contribution in [0.15, 0.2) is 30.7 Å². The fourth-order valence-corrected chi connectivity index (χ4v) is 2.34. The molecule has 0 aliphatic rings. The van der Waals surface area contributed by atoms with Crippen molar-refractivity contribution in [2.75, 3.05) is 16.9 Å². The zero-order valence-corrected chi connectivity index (χ0v) is 12.7. The van der Waals surface area contributed by atoms with Crippen molar-refractivity contribution in [2.24, 2.45) is 5.84 Å². The van der Waals surface area contributed by atoms with E-state index in [0.717, 1.165) is 11.1 Å². The van der Waals surface area contributed by atoms with Crippen molar-refractivity contribution in [1.82, 2.24) is 19.9 Å². The average Bonchev–Trinajstić information content (AvgIpc) is 2.58. The number of nitrogens with zero attached hydrogens (tertiary/aromatic N) is 5. The number of aromatic nitrogens is 4. The number of pyridine rings is 2. The van der Waals surface area contributed by atoms with Crippen LogP contribution in [0.2, 0.25) is 0 Å². The quantitative estimate of drug-likeness (QED) is 0.405. The molecule has 0 fully saturated rings. The van der Waals surface area contributed by atoms with Crippen LogP contribution < -0.4 is 21.8 Å². The topological polar surface area (TPSA) is 92.9 Å². The third-order valence-corrected chi connectivity index (χ3v) is 3.32. The lowest BCUT2D eigenvalue weighted by Gasteiger charge is -2.25. The molecule has 7 nitrogen and oxygen atoms in total. The maximum atomic E-state index is 14.3. The molecule has 3 aromatic rings. The Bertz CT molecular complexity index is 909. The van der Waals surface area contributed by atoms with Gasteiger partial charge in [0.2, 0.25) is 5.95 Å². The van der Waals surface area contributed by atoms with Crippen LogP contribution in [0, 0.1) is 5.82 Å². The second kappa shape index (κ2) is 6.89. The summed E-state index contributed by atoms with van der Waals surface area (Å²) in [6, 6.07) is 2.84. The van der Waals surface area contributed by atoms with E-state index < -0.39 is 18.8 Å². The summed E-state index contributed by atoms with van der Waals surface area (Å²) in [6.07, 6.45) is 0.864. The van der Waals surface area contributed by atoms with Gasteiger partial charge in [-0.15, -0.1) is 0 Å².